The van der Waals surface area contributed by atoms with Gasteiger partial charge in [0.2, 0.25) is 0 Å². The lowest BCUT2D eigenvalue weighted by Gasteiger charge is -2.38. The van der Waals surface area contributed by atoms with Crippen molar-refractivity contribution >= 4 is 0 Å². The Hall–Kier alpha value is -0.860. The average molecular weight is 256 g/mol. The van der Waals surface area contributed by atoms with Gasteiger partial charge in [-0.3, -0.25) is 4.90 Å². The molecule has 0 bridgehead atoms. The minimum Gasteiger partial charge on any atom is -0.310 e. The lowest BCUT2D eigenvalue weighted by atomic mass is 9.75. The van der Waals surface area contributed by atoms with Crippen LogP contribution < -0.4 is 5.32 Å². The molecule has 1 saturated heterocycles. The van der Waals surface area contributed by atoms with Crippen LogP contribution in [0, 0.1) is 0 Å². The summed E-state index contributed by atoms with van der Waals surface area (Å²) in [6.07, 6.45) is 6.94. The topological polar surface area (TPSA) is 15.3 Å². The average Bonchev–Trinajstić information content (AvgIpc) is 3.15. The molecule has 1 aliphatic heterocycles. The first kappa shape index (κ1) is 11.9. The highest BCUT2D eigenvalue weighted by Crippen LogP contribution is 2.37. The predicted octanol–water partition coefficient (Wildman–Crippen LogP) is 2.76. The van der Waals surface area contributed by atoms with Crippen LogP contribution in [0.25, 0.3) is 0 Å². The second-order valence-electron chi connectivity index (χ2n) is 6.65. The van der Waals surface area contributed by atoms with Crippen molar-refractivity contribution in [1.29, 1.82) is 0 Å². The van der Waals surface area contributed by atoms with Gasteiger partial charge in [-0.1, -0.05) is 30.3 Å². The van der Waals surface area contributed by atoms with Gasteiger partial charge < -0.3 is 5.32 Å². The summed E-state index contributed by atoms with van der Waals surface area (Å²) in [5.74, 6) is 0.805. The van der Waals surface area contributed by atoms with E-state index in [1.807, 2.05) is 0 Å². The fraction of sp³-hybridized carbons (Fsp3) is 0.647. The Labute approximate surface area is 116 Å². The molecular weight excluding hydrogens is 232 g/mol. The van der Waals surface area contributed by atoms with Gasteiger partial charge in [0.1, 0.15) is 0 Å². The van der Waals surface area contributed by atoms with E-state index in [-0.39, 0.29) is 0 Å². The molecule has 1 aromatic carbocycles. The van der Waals surface area contributed by atoms with E-state index < -0.39 is 0 Å². The van der Waals surface area contributed by atoms with Crippen molar-refractivity contribution in [3.05, 3.63) is 35.9 Å². The third-order valence-corrected chi connectivity index (χ3v) is 5.16. The molecule has 1 heterocycles. The molecule has 4 rings (SSSR count). The molecule has 2 saturated carbocycles. The molecule has 2 aliphatic carbocycles. The Balaban J connectivity index is 1.24. The van der Waals surface area contributed by atoms with Gasteiger partial charge in [0.15, 0.2) is 0 Å². The smallest absolute Gasteiger partial charge is 0.0209 e. The summed E-state index contributed by atoms with van der Waals surface area (Å²) in [6.45, 7) is 2.63. The van der Waals surface area contributed by atoms with Crippen molar-refractivity contribution < 1.29 is 0 Å². The third-order valence-electron chi connectivity index (χ3n) is 5.16. The van der Waals surface area contributed by atoms with Crippen molar-refractivity contribution in [1.82, 2.24) is 10.2 Å². The number of hydrogen-bond donors (Lipinski definition) is 1. The summed E-state index contributed by atoms with van der Waals surface area (Å²) in [5, 5.41) is 3.89. The molecule has 0 aromatic heterocycles. The Morgan fingerprint density at radius 1 is 0.947 bits per heavy atom. The van der Waals surface area contributed by atoms with Crippen LogP contribution in [-0.4, -0.2) is 36.1 Å². The number of rotatable bonds is 4. The van der Waals surface area contributed by atoms with Crippen molar-refractivity contribution in [2.45, 2.75) is 56.1 Å². The van der Waals surface area contributed by atoms with E-state index >= 15 is 0 Å². The van der Waals surface area contributed by atoms with Gasteiger partial charge >= 0.3 is 0 Å². The fourth-order valence-corrected chi connectivity index (χ4v) is 3.78. The van der Waals surface area contributed by atoms with E-state index in [9.17, 15) is 0 Å². The molecule has 1 unspecified atom stereocenters. The van der Waals surface area contributed by atoms with E-state index in [1.54, 1.807) is 0 Å². The molecule has 2 heteroatoms. The van der Waals surface area contributed by atoms with Gasteiger partial charge in [0.05, 0.1) is 0 Å². The van der Waals surface area contributed by atoms with Crippen molar-refractivity contribution in [3.63, 3.8) is 0 Å². The summed E-state index contributed by atoms with van der Waals surface area (Å²) in [4.78, 5) is 2.70. The van der Waals surface area contributed by atoms with E-state index in [0.717, 1.165) is 24.0 Å². The summed E-state index contributed by atoms with van der Waals surface area (Å²) in [5.41, 5.74) is 1.53. The SMILES string of the molecule is c1ccc(C2CC(NC3CCN(C4CC4)C3)C2)cc1. The second kappa shape index (κ2) is 4.92. The molecule has 2 nitrogen and oxygen atoms in total. The van der Waals surface area contributed by atoms with Crippen molar-refractivity contribution in [3.8, 4) is 0 Å². The maximum absolute atomic E-state index is 3.89. The minimum absolute atomic E-state index is 0.766. The Kier molecular flexibility index (Phi) is 3.08. The first-order chi connectivity index (χ1) is 9.38. The summed E-state index contributed by atoms with van der Waals surface area (Å²) in [6, 6.07) is 13.5. The standard InChI is InChI=1S/C17H24N2/c1-2-4-13(5-3-1)14-10-16(11-14)18-15-8-9-19(12-15)17-6-7-17/h1-5,14-18H,6-12H2. The monoisotopic (exact) mass is 256 g/mol. The molecular formula is C17H24N2. The lowest BCUT2D eigenvalue weighted by Crippen LogP contribution is -2.46. The maximum Gasteiger partial charge on any atom is 0.0209 e. The zero-order chi connectivity index (χ0) is 12.7. The molecule has 3 fully saturated rings. The van der Waals surface area contributed by atoms with Crippen LogP contribution >= 0.6 is 0 Å². The van der Waals surface area contributed by atoms with Crippen LogP contribution in [0.2, 0.25) is 0 Å². The van der Waals surface area contributed by atoms with E-state index in [2.05, 4.69) is 40.5 Å². The Morgan fingerprint density at radius 2 is 1.74 bits per heavy atom. The molecule has 102 valence electrons. The predicted molar refractivity (Wildman–Crippen MR) is 78.3 cm³/mol. The van der Waals surface area contributed by atoms with Crippen molar-refractivity contribution in [2.75, 3.05) is 13.1 Å². The highest BCUT2D eigenvalue weighted by Gasteiger charge is 2.37. The fourth-order valence-electron chi connectivity index (χ4n) is 3.78. The van der Waals surface area contributed by atoms with Gasteiger partial charge in [-0.2, -0.15) is 0 Å². The van der Waals surface area contributed by atoms with Crippen LogP contribution in [0.1, 0.15) is 43.6 Å². The molecule has 1 aromatic rings. The van der Waals surface area contributed by atoms with E-state index in [1.165, 1.54) is 50.8 Å². The van der Waals surface area contributed by atoms with Crippen LogP contribution in [0.5, 0.6) is 0 Å². The number of benzene rings is 1. The first-order valence-electron chi connectivity index (χ1n) is 7.93. The molecule has 0 radical (unpaired) electrons. The summed E-state index contributed by atoms with van der Waals surface area (Å²) in [7, 11) is 0. The van der Waals surface area contributed by atoms with Crippen LogP contribution in [-0.2, 0) is 0 Å². The first-order valence-corrected chi connectivity index (χ1v) is 7.93. The highest BCUT2D eigenvalue weighted by molar-refractivity contribution is 5.22. The van der Waals surface area contributed by atoms with Gasteiger partial charge in [-0.05, 0) is 43.6 Å². The minimum atomic E-state index is 0.766. The van der Waals surface area contributed by atoms with Gasteiger partial charge in [-0.25, -0.2) is 0 Å². The largest absolute Gasteiger partial charge is 0.310 e. The highest BCUT2D eigenvalue weighted by atomic mass is 15.2. The summed E-state index contributed by atoms with van der Waals surface area (Å²) < 4.78 is 0. The van der Waals surface area contributed by atoms with E-state index in [0.29, 0.717) is 0 Å². The van der Waals surface area contributed by atoms with Crippen LogP contribution in [0.3, 0.4) is 0 Å². The van der Waals surface area contributed by atoms with Gasteiger partial charge in [0.25, 0.3) is 0 Å². The van der Waals surface area contributed by atoms with Crippen LogP contribution in [0.15, 0.2) is 30.3 Å². The number of hydrogen-bond acceptors (Lipinski definition) is 2. The molecule has 0 amide bonds. The molecule has 19 heavy (non-hydrogen) atoms. The molecule has 3 aliphatic rings. The molecule has 0 spiro atoms. The third kappa shape index (κ3) is 2.56. The Bertz CT molecular complexity index is 420. The van der Waals surface area contributed by atoms with Gasteiger partial charge in [-0.15, -0.1) is 0 Å². The molecule has 1 N–H and O–H groups in total. The van der Waals surface area contributed by atoms with Crippen LogP contribution in [0.4, 0.5) is 0 Å². The number of nitrogens with one attached hydrogen (secondary N) is 1. The Morgan fingerprint density at radius 3 is 2.47 bits per heavy atom. The quantitative estimate of drug-likeness (QED) is 0.891. The number of nitrogens with zero attached hydrogens (tertiary/aromatic N) is 1. The zero-order valence-corrected chi connectivity index (χ0v) is 11.6. The van der Waals surface area contributed by atoms with E-state index in [4.69, 9.17) is 0 Å². The maximum atomic E-state index is 3.89. The number of likely N-dealkylation sites (tertiary alicyclic amines) is 1. The molecule has 1 atom stereocenters. The second-order valence-corrected chi connectivity index (χ2v) is 6.65. The normalized spacial score (nSPS) is 35.3. The summed E-state index contributed by atoms with van der Waals surface area (Å²) >= 11 is 0. The van der Waals surface area contributed by atoms with Gasteiger partial charge in [0, 0.05) is 31.2 Å². The van der Waals surface area contributed by atoms with Crippen molar-refractivity contribution in [2.24, 2.45) is 0 Å². The zero-order valence-electron chi connectivity index (χ0n) is 11.6. The lowest BCUT2D eigenvalue weighted by molar-refractivity contribution is 0.255.